The molecule has 7 heteroatoms. The van der Waals surface area contributed by atoms with Crippen molar-refractivity contribution < 1.29 is 9.53 Å². The Bertz CT molecular complexity index is 896. The lowest BCUT2D eigenvalue weighted by molar-refractivity contribution is 0.0930. The molecule has 0 aliphatic heterocycles. The van der Waals surface area contributed by atoms with Crippen molar-refractivity contribution in [1.82, 2.24) is 20.5 Å². The molecule has 1 amide bonds. The Hall–Kier alpha value is -2.67. The van der Waals surface area contributed by atoms with Gasteiger partial charge in [-0.2, -0.15) is 5.10 Å². The molecule has 1 unspecified atom stereocenters. The molecule has 0 saturated carbocycles. The summed E-state index contributed by atoms with van der Waals surface area (Å²) in [4.78, 5) is 18.4. The molecule has 3 rings (SSSR count). The summed E-state index contributed by atoms with van der Waals surface area (Å²) in [7, 11) is 1.62. The minimum absolute atomic E-state index is 0.108. The lowest BCUT2D eigenvalue weighted by atomic mass is 10.1. The van der Waals surface area contributed by atoms with Crippen molar-refractivity contribution in [3.8, 4) is 17.0 Å². The number of hydrogen-bond donors (Lipinski definition) is 2. The van der Waals surface area contributed by atoms with Crippen molar-refractivity contribution in [3.63, 3.8) is 0 Å². The van der Waals surface area contributed by atoms with Gasteiger partial charge >= 0.3 is 0 Å². The summed E-state index contributed by atoms with van der Waals surface area (Å²) >= 11 is 1.62. The molecule has 2 N–H and O–H groups in total. The van der Waals surface area contributed by atoms with Crippen LogP contribution < -0.4 is 10.1 Å². The van der Waals surface area contributed by atoms with Crippen LogP contribution in [0.15, 0.2) is 30.3 Å². The number of carbonyl (C=O) groups excluding carboxylic acids is 1. The molecule has 0 aliphatic carbocycles. The standard InChI is InChI=1S/C19H22N4O2S/c1-5-15(19-20-11(2)12(3)26-19)21-18(24)17-10-16(22-23-17)13-7-6-8-14(9-13)25-4/h6-10,15H,5H2,1-4H3,(H,21,24)(H,22,23). The predicted octanol–water partition coefficient (Wildman–Crippen LogP) is 4.04. The van der Waals surface area contributed by atoms with Gasteiger partial charge < -0.3 is 10.1 Å². The maximum absolute atomic E-state index is 12.6. The number of nitrogens with one attached hydrogen (secondary N) is 2. The summed E-state index contributed by atoms with van der Waals surface area (Å²) in [6.45, 7) is 6.06. The zero-order valence-corrected chi connectivity index (χ0v) is 16.1. The molecule has 0 saturated heterocycles. The number of methoxy groups -OCH3 is 1. The summed E-state index contributed by atoms with van der Waals surface area (Å²) in [6, 6.07) is 9.21. The zero-order chi connectivity index (χ0) is 18.7. The number of H-pyrrole nitrogens is 1. The number of thiazole rings is 1. The predicted molar refractivity (Wildman–Crippen MR) is 103 cm³/mol. The number of aryl methyl sites for hydroxylation is 2. The molecule has 0 fully saturated rings. The largest absolute Gasteiger partial charge is 0.497 e. The summed E-state index contributed by atoms with van der Waals surface area (Å²) in [5, 5.41) is 11.0. The van der Waals surface area contributed by atoms with Crippen LogP contribution in [-0.2, 0) is 0 Å². The van der Waals surface area contributed by atoms with Crippen LogP contribution in [0.25, 0.3) is 11.3 Å². The molecule has 2 heterocycles. The average Bonchev–Trinajstić information content (AvgIpc) is 3.27. The van der Waals surface area contributed by atoms with Crippen molar-refractivity contribution in [3.05, 3.63) is 51.6 Å². The molecule has 1 aromatic carbocycles. The third-order valence-electron chi connectivity index (χ3n) is 4.24. The highest BCUT2D eigenvalue weighted by Gasteiger charge is 2.19. The van der Waals surface area contributed by atoms with E-state index in [9.17, 15) is 4.79 Å². The molecule has 0 radical (unpaired) electrons. The van der Waals surface area contributed by atoms with Crippen LogP contribution in [0.3, 0.4) is 0 Å². The molecule has 136 valence electrons. The van der Waals surface area contributed by atoms with E-state index in [1.165, 1.54) is 4.88 Å². The van der Waals surface area contributed by atoms with Gasteiger partial charge in [0.05, 0.1) is 24.5 Å². The maximum Gasteiger partial charge on any atom is 0.269 e. The Morgan fingerprint density at radius 2 is 2.15 bits per heavy atom. The molecule has 2 aromatic heterocycles. The minimum Gasteiger partial charge on any atom is -0.497 e. The van der Waals surface area contributed by atoms with Crippen LogP contribution in [0.5, 0.6) is 5.75 Å². The van der Waals surface area contributed by atoms with Gasteiger partial charge in [0, 0.05) is 10.4 Å². The van der Waals surface area contributed by atoms with Gasteiger partial charge in [0.15, 0.2) is 0 Å². The van der Waals surface area contributed by atoms with E-state index in [0.29, 0.717) is 11.4 Å². The fourth-order valence-corrected chi connectivity index (χ4v) is 3.65. The first-order chi connectivity index (χ1) is 12.5. The van der Waals surface area contributed by atoms with Crippen LogP contribution in [0.1, 0.15) is 45.5 Å². The summed E-state index contributed by atoms with van der Waals surface area (Å²) in [5.74, 6) is 0.557. The molecule has 3 aromatic rings. The van der Waals surface area contributed by atoms with E-state index in [1.54, 1.807) is 24.5 Å². The second-order valence-electron chi connectivity index (χ2n) is 6.03. The highest BCUT2D eigenvalue weighted by molar-refractivity contribution is 7.11. The van der Waals surface area contributed by atoms with Gasteiger partial charge in [-0.1, -0.05) is 19.1 Å². The number of ether oxygens (including phenoxy) is 1. The van der Waals surface area contributed by atoms with Crippen molar-refractivity contribution in [2.24, 2.45) is 0 Å². The smallest absolute Gasteiger partial charge is 0.269 e. The van der Waals surface area contributed by atoms with Gasteiger partial charge in [-0.05, 0) is 38.5 Å². The van der Waals surface area contributed by atoms with Gasteiger partial charge in [-0.3, -0.25) is 9.89 Å². The molecule has 6 nitrogen and oxygen atoms in total. The first-order valence-corrected chi connectivity index (χ1v) is 9.28. The molecular weight excluding hydrogens is 348 g/mol. The second kappa shape index (κ2) is 7.70. The summed E-state index contributed by atoms with van der Waals surface area (Å²) in [5.41, 5.74) is 3.02. The number of aromatic nitrogens is 3. The van der Waals surface area contributed by atoms with Crippen LogP contribution in [0.2, 0.25) is 0 Å². The normalized spacial score (nSPS) is 12.0. The van der Waals surface area contributed by atoms with Gasteiger partial charge in [-0.15, -0.1) is 11.3 Å². The maximum atomic E-state index is 12.6. The van der Waals surface area contributed by atoms with E-state index < -0.39 is 0 Å². The zero-order valence-electron chi connectivity index (χ0n) is 15.3. The number of nitrogens with zero attached hydrogens (tertiary/aromatic N) is 2. The Balaban J connectivity index is 1.76. The number of amides is 1. The topological polar surface area (TPSA) is 79.9 Å². The van der Waals surface area contributed by atoms with Gasteiger partial charge in [0.25, 0.3) is 5.91 Å². The number of hydrogen-bond acceptors (Lipinski definition) is 5. The SMILES string of the molecule is CCC(NC(=O)c1cc(-c2cccc(OC)c2)n[nH]1)c1nc(C)c(C)s1. The molecule has 0 bridgehead atoms. The van der Waals surface area contributed by atoms with E-state index in [4.69, 9.17) is 4.74 Å². The van der Waals surface area contributed by atoms with Crippen molar-refractivity contribution in [1.29, 1.82) is 0 Å². The molecular formula is C19H22N4O2S. The fraction of sp³-hybridized carbons (Fsp3) is 0.316. The Labute approximate surface area is 156 Å². The number of carbonyl (C=O) groups is 1. The van der Waals surface area contributed by atoms with E-state index in [0.717, 1.165) is 28.4 Å². The second-order valence-corrected chi connectivity index (χ2v) is 7.26. The Morgan fingerprint density at radius 3 is 2.81 bits per heavy atom. The lowest BCUT2D eigenvalue weighted by Crippen LogP contribution is -2.28. The van der Waals surface area contributed by atoms with Gasteiger partial charge in [-0.25, -0.2) is 4.98 Å². The highest BCUT2D eigenvalue weighted by atomic mass is 32.1. The van der Waals surface area contributed by atoms with Crippen molar-refractivity contribution in [2.45, 2.75) is 33.2 Å². The van der Waals surface area contributed by atoms with Gasteiger partial charge in [0.2, 0.25) is 0 Å². The molecule has 1 atom stereocenters. The monoisotopic (exact) mass is 370 g/mol. The van der Waals surface area contributed by atoms with Crippen LogP contribution in [-0.4, -0.2) is 28.2 Å². The van der Waals surface area contributed by atoms with Gasteiger partial charge in [0.1, 0.15) is 16.5 Å². The van der Waals surface area contributed by atoms with Crippen LogP contribution in [0.4, 0.5) is 0 Å². The van der Waals surface area contributed by atoms with E-state index in [1.807, 2.05) is 45.0 Å². The van der Waals surface area contributed by atoms with Crippen LogP contribution in [0, 0.1) is 13.8 Å². The van der Waals surface area contributed by atoms with Crippen molar-refractivity contribution >= 4 is 17.2 Å². The number of aromatic amines is 1. The minimum atomic E-state index is -0.191. The Kier molecular flexibility index (Phi) is 5.37. The average molecular weight is 370 g/mol. The van der Waals surface area contributed by atoms with Crippen molar-refractivity contribution in [2.75, 3.05) is 7.11 Å². The summed E-state index contributed by atoms with van der Waals surface area (Å²) < 4.78 is 5.24. The third-order valence-corrected chi connectivity index (χ3v) is 5.43. The highest BCUT2D eigenvalue weighted by Crippen LogP contribution is 2.26. The van der Waals surface area contributed by atoms with E-state index in [2.05, 4.69) is 20.5 Å². The number of rotatable bonds is 6. The molecule has 0 aliphatic rings. The first kappa shape index (κ1) is 18.1. The molecule has 26 heavy (non-hydrogen) atoms. The summed E-state index contributed by atoms with van der Waals surface area (Å²) in [6.07, 6.45) is 0.773. The van der Waals surface area contributed by atoms with E-state index >= 15 is 0 Å². The molecule has 0 spiro atoms. The lowest BCUT2D eigenvalue weighted by Gasteiger charge is -2.13. The fourth-order valence-electron chi connectivity index (χ4n) is 2.59. The number of benzene rings is 1. The first-order valence-electron chi connectivity index (χ1n) is 8.46. The third kappa shape index (κ3) is 3.77. The Morgan fingerprint density at radius 1 is 1.35 bits per heavy atom. The van der Waals surface area contributed by atoms with Crippen LogP contribution >= 0.6 is 11.3 Å². The quantitative estimate of drug-likeness (QED) is 0.686. The van der Waals surface area contributed by atoms with E-state index in [-0.39, 0.29) is 11.9 Å².